The number of hydrogen-bond donors (Lipinski definition) is 1. The zero-order chi connectivity index (χ0) is 21.5. The predicted octanol–water partition coefficient (Wildman–Crippen LogP) is 5.19. The number of rotatable bonds is 9. The molecule has 1 heterocycles. The van der Waals surface area contributed by atoms with E-state index in [1.165, 1.54) is 5.56 Å². The summed E-state index contributed by atoms with van der Waals surface area (Å²) < 4.78 is 8.01. The number of aryl methyl sites for hydroxylation is 1. The van der Waals surface area contributed by atoms with Crippen molar-refractivity contribution in [3.63, 3.8) is 0 Å². The van der Waals surface area contributed by atoms with Gasteiger partial charge in [-0.05, 0) is 35.2 Å². The molecule has 0 amide bonds. The molecule has 31 heavy (non-hydrogen) atoms. The van der Waals surface area contributed by atoms with E-state index in [0.29, 0.717) is 13.0 Å². The molecule has 0 atom stereocenters. The van der Waals surface area contributed by atoms with Gasteiger partial charge in [0.05, 0.1) is 0 Å². The van der Waals surface area contributed by atoms with Gasteiger partial charge in [-0.25, -0.2) is 4.98 Å². The number of imidazole rings is 1. The third kappa shape index (κ3) is 5.60. The molecule has 0 bridgehead atoms. The molecule has 1 N–H and O–H groups in total. The lowest BCUT2D eigenvalue weighted by molar-refractivity contribution is -0.136. The SMILES string of the molecule is O=C(O)CCc1ccc(OCc2ccc(Cn3ccnc3-c3ccccc3)cc2)cc1. The molecule has 4 rings (SSSR count). The van der Waals surface area contributed by atoms with Gasteiger partial charge in [0.25, 0.3) is 0 Å². The largest absolute Gasteiger partial charge is 0.489 e. The molecule has 0 spiro atoms. The molecule has 0 aliphatic rings. The van der Waals surface area contributed by atoms with Crippen LogP contribution in [0.3, 0.4) is 0 Å². The normalized spacial score (nSPS) is 10.7. The van der Waals surface area contributed by atoms with Gasteiger partial charge < -0.3 is 14.4 Å². The number of carboxylic acid groups (broad SMARTS) is 1. The summed E-state index contributed by atoms with van der Waals surface area (Å²) in [6, 6.07) is 26.2. The van der Waals surface area contributed by atoms with Crippen molar-refractivity contribution in [2.24, 2.45) is 0 Å². The molecular weight excluding hydrogens is 388 g/mol. The van der Waals surface area contributed by atoms with Crippen LogP contribution in [0.15, 0.2) is 91.3 Å². The fraction of sp³-hybridized carbons (Fsp3) is 0.154. The van der Waals surface area contributed by atoms with E-state index in [2.05, 4.69) is 45.9 Å². The minimum absolute atomic E-state index is 0.137. The Morgan fingerprint density at radius 3 is 2.26 bits per heavy atom. The lowest BCUT2D eigenvalue weighted by atomic mass is 10.1. The molecule has 4 aromatic rings. The monoisotopic (exact) mass is 412 g/mol. The first-order valence-electron chi connectivity index (χ1n) is 10.3. The molecule has 0 aliphatic carbocycles. The molecule has 0 saturated heterocycles. The molecule has 156 valence electrons. The van der Waals surface area contributed by atoms with Crippen molar-refractivity contribution in [3.8, 4) is 17.1 Å². The Labute approximate surface area is 181 Å². The zero-order valence-corrected chi connectivity index (χ0v) is 17.1. The maximum atomic E-state index is 10.7. The second kappa shape index (κ2) is 9.76. The molecule has 0 radical (unpaired) electrons. The van der Waals surface area contributed by atoms with Gasteiger partial charge >= 0.3 is 5.97 Å². The second-order valence-corrected chi connectivity index (χ2v) is 7.39. The van der Waals surface area contributed by atoms with Crippen LogP contribution in [-0.4, -0.2) is 20.6 Å². The number of hydrogen-bond acceptors (Lipinski definition) is 3. The first kappa shape index (κ1) is 20.4. The lowest BCUT2D eigenvalue weighted by Gasteiger charge is -2.10. The van der Waals surface area contributed by atoms with Crippen LogP contribution >= 0.6 is 0 Å². The van der Waals surface area contributed by atoms with Crippen LogP contribution in [0.5, 0.6) is 5.75 Å². The summed E-state index contributed by atoms with van der Waals surface area (Å²) in [6.45, 7) is 1.23. The molecule has 0 aliphatic heterocycles. The summed E-state index contributed by atoms with van der Waals surface area (Å²) in [5.74, 6) is 0.946. The van der Waals surface area contributed by atoms with Crippen molar-refractivity contribution in [2.75, 3.05) is 0 Å². The lowest BCUT2D eigenvalue weighted by Crippen LogP contribution is -2.02. The van der Waals surface area contributed by atoms with Gasteiger partial charge in [-0.1, -0.05) is 66.7 Å². The number of aromatic nitrogens is 2. The first-order chi connectivity index (χ1) is 15.2. The van der Waals surface area contributed by atoms with Crippen LogP contribution in [-0.2, 0) is 24.4 Å². The summed E-state index contributed by atoms with van der Waals surface area (Å²) in [5.41, 5.74) is 4.38. The van der Waals surface area contributed by atoms with Gasteiger partial charge in [-0.3, -0.25) is 4.79 Å². The number of nitrogens with zero attached hydrogens (tertiary/aromatic N) is 2. The highest BCUT2D eigenvalue weighted by Crippen LogP contribution is 2.19. The van der Waals surface area contributed by atoms with Gasteiger partial charge in [-0.15, -0.1) is 0 Å². The fourth-order valence-electron chi connectivity index (χ4n) is 3.39. The molecule has 0 saturated carbocycles. The first-order valence-corrected chi connectivity index (χ1v) is 10.3. The van der Waals surface area contributed by atoms with E-state index >= 15 is 0 Å². The second-order valence-electron chi connectivity index (χ2n) is 7.39. The van der Waals surface area contributed by atoms with Gasteiger partial charge in [0.15, 0.2) is 0 Å². The molecule has 0 fully saturated rings. The van der Waals surface area contributed by atoms with E-state index in [4.69, 9.17) is 9.84 Å². The van der Waals surface area contributed by atoms with E-state index in [0.717, 1.165) is 34.8 Å². The molecular formula is C26H24N2O3. The van der Waals surface area contributed by atoms with Gasteiger partial charge in [0, 0.05) is 30.9 Å². The van der Waals surface area contributed by atoms with Crippen LogP contribution < -0.4 is 4.74 Å². The number of benzene rings is 3. The summed E-state index contributed by atoms with van der Waals surface area (Å²) in [4.78, 5) is 15.2. The smallest absolute Gasteiger partial charge is 0.303 e. The Kier molecular flexibility index (Phi) is 6.43. The van der Waals surface area contributed by atoms with Gasteiger partial charge in [0.2, 0.25) is 0 Å². The minimum Gasteiger partial charge on any atom is -0.489 e. The van der Waals surface area contributed by atoms with Crippen molar-refractivity contribution >= 4 is 5.97 Å². The van der Waals surface area contributed by atoms with Gasteiger partial charge in [-0.2, -0.15) is 0 Å². The van der Waals surface area contributed by atoms with Crippen molar-refractivity contribution in [3.05, 3.63) is 108 Å². The highest BCUT2D eigenvalue weighted by atomic mass is 16.5. The fourth-order valence-corrected chi connectivity index (χ4v) is 3.39. The number of carbonyl (C=O) groups is 1. The third-order valence-electron chi connectivity index (χ3n) is 5.08. The number of carboxylic acids is 1. The van der Waals surface area contributed by atoms with Gasteiger partial charge in [0.1, 0.15) is 18.2 Å². The minimum atomic E-state index is -0.784. The van der Waals surface area contributed by atoms with Crippen LogP contribution in [0.2, 0.25) is 0 Å². The van der Waals surface area contributed by atoms with Crippen molar-refractivity contribution in [1.29, 1.82) is 0 Å². The van der Waals surface area contributed by atoms with Crippen LogP contribution in [0.4, 0.5) is 0 Å². The molecule has 5 nitrogen and oxygen atoms in total. The van der Waals surface area contributed by atoms with Crippen molar-refractivity contribution < 1.29 is 14.6 Å². The van der Waals surface area contributed by atoms with Crippen molar-refractivity contribution in [1.82, 2.24) is 9.55 Å². The molecule has 1 aromatic heterocycles. The van der Waals surface area contributed by atoms with E-state index in [1.807, 2.05) is 54.9 Å². The summed E-state index contributed by atoms with van der Waals surface area (Å²) in [7, 11) is 0. The Bertz CT molecular complexity index is 1120. The Balaban J connectivity index is 1.33. The topological polar surface area (TPSA) is 64.3 Å². The molecule has 3 aromatic carbocycles. The third-order valence-corrected chi connectivity index (χ3v) is 5.08. The van der Waals surface area contributed by atoms with E-state index in [1.54, 1.807) is 0 Å². The average molecular weight is 412 g/mol. The maximum absolute atomic E-state index is 10.7. The van der Waals surface area contributed by atoms with E-state index < -0.39 is 5.97 Å². The van der Waals surface area contributed by atoms with E-state index in [9.17, 15) is 4.79 Å². The Morgan fingerprint density at radius 2 is 1.55 bits per heavy atom. The van der Waals surface area contributed by atoms with Crippen molar-refractivity contribution in [2.45, 2.75) is 26.0 Å². The standard InChI is InChI=1S/C26H24N2O3/c29-25(30)15-12-20-10-13-24(14-11-20)31-19-22-8-6-21(7-9-22)18-28-17-16-27-26(28)23-4-2-1-3-5-23/h1-11,13-14,16-17H,12,15,18-19H2,(H,29,30). The molecule has 5 heteroatoms. The van der Waals surface area contributed by atoms with Crippen LogP contribution in [0, 0.1) is 0 Å². The van der Waals surface area contributed by atoms with E-state index in [-0.39, 0.29) is 6.42 Å². The highest BCUT2D eigenvalue weighted by molar-refractivity contribution is 5.67. The number of ether oxygens (including phenoxy) is 1. The predicted molar refractivity (Wildman–Crippen MR) is 120 cm³/mol. The summed E-state index contributed by atoms with van der Waals surface area (Å²) >= 11 is 0. The maximum Gasteiger partial charge on any atom is 0.303 e. The Morgan fingerprint density at radius 1 is 0.871 bits per heavy atom. The molecule has 0 unspecified atom stereocenters. The Hall–Kier alpha value is -3.86. The van der Waals surface area contributed by atoms with Crippen LogP contribution in [0.25, 0.3) is 11.4 Å². The average Bonchev–Trinajstić information content (AvgIpc) is 3.26. The number of aliphatic carboxylic acids is 1. The zero-order valence-electron chi connectivity index (χ0n) is 17.1. The van der Waals surface area contributed by atoms with Crippen LogP contribution in [0.1, 0.15) is 23.1 Å². The highest BCUT2D eigenvalue weighted by Gasteiger charge is 2.06. The summed E-state index contributed by atoms with van der Waals surface area (Å²) in [5, 5.41) is 8.77. The summed E-state index contributed by atoms with van der Waals surface area (Å²) in [6.07, 6.45) is 4.50. The quantitative estimate of drug-likeness (QED) is 0.411.